The molecule has 10 nitrogen and oxygen atoms in total. The van der Waals surface area contributed by atoms with E-state index < -0.39 is 52.2 Å². The molecule has 5 aliphatic heterocycles. The Hall–Kier alpha value is -4.50. The molecule has 288 valence electrons. The minimum absolute atomic E-state index is 0.0329. The number of anilines is 1. The Bertz CT molecular complexity index is 2130. The molecule has 3 aromatic carbocycles. The molecule has 4 atom stereocenters. The van der Waals surface area contributed by atoms with E-state index in [1.54, 1.807) is 25.7 Å². The second-order valence-electron chi connectivity index (χ2n) is 15.8. The van der Waals surface area contributed by atoms with Crippen molar-refractivity contribution in [1.82, 2.24) is 19.8 Å². The van der Waals surface area contributed by atoms with E-state index in [0.717, 1.165) is 25.1 Å². The van der Waals surface area contributed by atoms with Crippen LogP contribution < -0.4 is 14.4 Å². The number of ether oxygens (including phenoxy) is 4. The third-order valence-corrected chi connectivity index (χ3v) is 11.1. The van der Waals surface area contributed by atoms with Crippen LogP contribution in [0.15, 0.2) is 30.3 Å². The fourth-order valence-electron chi connectivity index (χ4n) is 8.75. The van der Waals surface area contributed by atoms with Crippen molar-refractivity contribution in [1.29, 1.82) is 0 Å². The zero-order valence-electron chi connectivity index (χ0n) is 30.6. The van der Waals surface area contributed by atoms with Gasteiger partial charge in [0, 0.05) is 55.5 Å². The van der Waals surface area contributed by atoms with Gasteiger partial charge in [0.15, 0.2) is 24.2 Å². The van der Waals surface area contributed by atoms with Crippen molar-refractivity contribution >= 4 is 33.6 Å². The SMILES string of the molecule is COCOc1cc(-c2c(F)cc3c(N4C[C@@H]5CC[C@H]4CN5C(=O)OC(C)(C)C)nc(OCC45CCCN4C[C@H](F)C5)nc3c2F)c2c(F)c(F)ccc2c1. The summed E-state index contributed by atoms with van der Waals surface area (Å²) in [6.07, 6.45) is 1.79. The molecule has 9 rings (SSSR count). The number of piperidine rings is 2. The Kier molecular flexibility index (Phi) is 9.23. The lowest BCUT2D eigenvalue weighted by Crippen LogP contribution is -2.64. The van der Waals surface area contributed by atoms with E-state index in [-0.39, 0.29) is 76.7 Å². The smallest absolute Gasteiger partial charge is 0.410 e. The number of aromatic nitrogens is 2. The number of amides is 1. The molecule has 0 spiro atoms. The number of piperazine rings is 1. The molecule has 1 unspecified atom stereocenters. The summed E-state index contributed by atoms with van der Waals surface area (Å²) in [6.45, 7) is 6.87. The molecule has 15 heteroatoms. The van der Waals surface area contributed by atoms with Gasteiger partial charge in [0.05, 0.1) is 17.1 Å². The van der Waals surface area contributed by atoms with Crippen LogP contribution in [0.1, 0.15) is 52.9 Å². The summed E-state index contributed by atoms with van der Waals surface area (Å²) in [7, 11) is 1.40. The highest BCUT2D eigenvalue weighted by Crippen LogP contribution is 2.44. The van der Waals surface area contributed by atoms with Gasteiger partial charge < -0.3 is 28.7 Å². The number of carbonyl (C=O) groups excluding carboxylic acids is 1. The number of hydrogen-bond donors (Lipinski definition) is 0. The zero-order valence-corrected chi connectivity index (χ0v) is 30.6. The van der Waals surface area contributed by atoms with E-state index in [1.165, 1.54) is 25.3 Å². The van der Waals surface area contributed by atoms with Crippen LogP contribution in [0.4, 0.5) is 32.6 Å². The molecule has 5 fully saturated rings. The van der Waals surface area contributed by atoms with E-state index in [4.69, 9.17) is 23.9 Å². The van der Waals surface area contributed by atoms with Gasteiger partial charge in [0.2, 0.25) is 0 Å². The first-order valence-corrected chi connectivity index (χ1v) is 18.3. The average molecular weight is 756 g/mol. The molecule has 6 heterocycles. The summed E-state index contributed by atoms with van der Waals surface area (Å²) in [5.41, 5.74) is -2.50. The first-order valence-electron chi connectivity index (χ1n) is 18.3. The normalized spacial score (nSPS) is 24.1. The minimum Gasteiger partial charge on any atom is -0.468 e. The van der Waals surface area contributed by atoms with Gasteiger partial charge >= 0.3 is 12.1 Å². The van der Waals surface area contributed by atoms with Gasteiger partial charge in [-0.25, -0.2) is 26.7 Å². The average Bonchev–Trinajstić information content (AvgIpc) is 3.66. The van der Waals surface area contributed by atoms with Gasteiger partial charge in [-0.05, 0) is 82.7 Å². The van der Waals surface area contributed by atoms with Crippen molar-refractivity contribution in [2.75, 3.05) is 51.6 Å². The van der Waals surface area contributed by atoms with Gasteiger partial charge in [0.1, 0.15) is 41.3 Å². The second kappa shape index (κ2) is 13.7. The van der Waals surface area contributed by atoms with Crippen LogP contribution in [0.5, 0.6) is 11.8 Å². The predicted octanol–water partition coefficient (Wildman–Crippen LogP) is 7.53. The van der Waals surface area contributed by atoms with E-state index in [0.29, 0.717) is 38.9 Å². The summed E-state index contributed by atoms with van der Waals surface area (Å²) in [6, 6.07) is 5.23. The maximum Gasteiger partial charge on any atom is 0.410 e. The van der Waals surface area contributed by atoms with Crippen LogP contribution in [-0.2, 0) is 9.47 Å². The molecule has 1 amide bonds. The first-order chi connectivity index (χ1) is 25.7. The van der Waals surface area contributed by atoms with Gasteiger partial charge in [0.25, 0.3) is 0 Å². The molecule has 2 bridgehead atoms. The monoisotopic (exact) mass is 755 g/mol. The standard InChI is InChI=1S/C39H42F5N5O5/c1-38(2,3)54-37(50)49-18-23-7-8-24(49)17-48(23)35-27-14-29(42)31(26-13-25(53-20-51-4)12-21-6-9-28(41)32(43)30(21)26)33(44)34(27)45-36(46-35)52-19-39-10-5-11-47(39)16-22(40)15-39/h6,9,12-14,22-24H,5,7-8,10-11,15-20H2,1-4H3/t22-,23+,24+,39?/m1/s1. The number of rotatable bonds is 8. The van der Waals surface area contributed by atoms with Crippen LogP contribution in [0.3, 0.4) is 0 Å². The maximum atomic E-state index is 17.2. The fourth-order valence-corrected chi connectivity index (χ4v) is 8.75. The number of alkyl halides is 1. The summed E-state index contributed by atoms with van der Waals surface area (Å²) in [5, 5.41) is -0.169. The third kappa shape index (κ3) is 6.42. The van der Waals surface area contributed by atoms with Crippen molar-refractivity contribution in [3.8, 4) is 22.9 Å². The van der Waals surface area contributed by atoms with E-state index in [9.17, 15) is 13.6 Å². The van der Waals surface area contributed by atoms with Crippen LogP contribution in [-0.4, -0.2) is 102 Å². The number of carbonyl (C=O) groups is 1. The third-order valence-electron chi connectivity index (χ3n) is 11.1. The molecule has 0 saturated carbocycles. The Balaban J connectivity index is 1.26. The molecular formula is C39H42F5N5O5. The lowest BCUT2D eigenvalue weighted by Gasteiger charge is -2.51. The Morgan fingerprint density at radius 1 is 0.963 bits per heavy atom. The van der Waals surface area contributed by atoms with Crippen LogP contribution in [0, 0.1) is 23.3 Å². The van der Waals surface area contributed by atoms with Gasteiger partial charge in [-0.1, -0.05) is 6.07 Å². The van der Waals surface area contributed by atoms with Crippen LogP contribution in [0.2, 0.25) is 0 Å². The molecule has 0 aliphatic carbocycles. The van der Waals surface area contributed by atoms with E-state index >= 15 is 13.2 Å². The van der Waals surface area contributed by atoms with Gasteiger partial charge in [-0.2, -0.15) is 9.97 Å². The summed E-state index contributed by atoms with van der Waals surface area (Å²) in [4.78, 5) is 28.0. The number of hydrogen-bond acceptors (Lipinski definition) is 9. The fraction of sp³-hybridized carbons (Fsp3) is 0.513. The molecule has 5 saturated heterocycles. The number of nitrogens with zero attached hydrogens (tertiary/aromatic N) is 5. The summed E-state index contributed by atoms with van der Waals surface area (Å²) >= 11 is 0. The lowest BCUT2D eigenvalue weighted by molar-refractivity contribution is 0.000787. The largest absolute Gasteiger partial charge is 0.468 e. The summed E-state index contributed by atoms with van der Waals surface area (Å²) < 4.78 is 101. The van der Waals surface area contributed by atoms with Crippen molar-refractivity contribution in [3.63, 3.8) is 0 Å². The van der Waals surface area contributed by atoms with Crippen LogP contribution in [0.25, 0.3) is 32.8 Å². The van der Waals surface area contributed by atoms with Crippen LogP contribution >= 0.6 is 0 Å². The number of methoxy groups -OCH3 is 1. The number of benzene rings is 3. The summed E-state index contributed by atoms with van der Waals surface area (Å²) in [5.74, 6) is -4.37. The van der Waals surface area contributed by atoms with Gasteiger partial charge in [-0.15, -0.1) is 0 Å². The first kappa shape index (κ1) is 36.5. The highest BCUT2D eigenvalue weighted by atomic mass is 19.2. The molecule has 1 aromatic heterocycles. The van der Waals surface area contributed by atoms with Crippen molar-refractivity contribution < 1.29 is 45.7 Å². The number of halogens is 5. The molecule has 0 N–H and O–H groups in total. The van der Waals surface area contributed by atoms with Crippen molar-refractivity contribution in [3.05, 3.63) is 53.6 Å². The number of fused-ring (bicyclic) bond motifs is 6. The lowest BCUT2D eigenvalue weighted by atomic mass is 9.90. The topological polar surface area (TPSA) is 89.5 Å². The molecule has 4 aromatic rings. The van der Waals surface area contributed by atoms with E-state index in [2.05, 4.69) is 9.88 Å². The Morgan fingerprint density at radius 2 is 1.76 bits per heavy atom. The highest BCUT2D eigenvalue weighted by Gasteiger charge is 2.50. The molecular weight excluding hydrogens is 713 g/mol. The predicted molar refractivity (Wildman–Crippen MR) is 190 cm³/mol. The second-order valence-corrected chi connectivity index (χ2v) is 15.8. The highest BCUT2D eigenvalue weighted by molar-refractivity contribution is 6.02. The Labute approximate surface area is 309 Å². The van der Waals surface area contributed by atoms with Gasteiger partial charge in [-0.3, -0.25) is 4.90 Å². The molecule has 0 radical (unpaired) electrons. The van der Waals surface area contributed by atoms with Crippen molar-refractivity contribution in [2.45, 2.75) is 82.3 Å². The van der Waals surface area contributed by atoms with Crippen molar-refractivity contribution in [2.24, 2.45) is 0 Å². The zero-order chi connectivity index (χ0) is 38.1. The molecule has 54 heavy (non-hydrogen) atoms. The molecule has 5 aliphatic rings. The van der Waals surface area contributed by atoms with E-state index in [1.807, 2.05) is 4.90 Å². The maximum absolute atomic E-state index is 17.2. The quantitative estimate of drug-likeness (QED) is 0.134. The minimum atomic E-state index is -1.28. The Morgan fingerprint density at radius 3 is 2.50 bits per heavy atom.